The summed E-state index contributed by atoms with van der Waals surface area (Å²) in [5, 5.41) is 0. The van der Waals surface area contributed by atoms with Crippen molar-refractivity contribution in [3.05, 3.63) is 58.7 Å². The normalized spacial score (nSPS) is 13.0. The van der Waals surface area contributed by atoms with E-state index in [9.17, 15) is 16.8 Å². The van der Waals surface area contributed by atoms with Gasteiger partial charge in [-0.2, -0.15) is 0 Å². The molecule has 5 nitrogen and oxygen atoms in total. The highest BCUT2D eigenvalue weighted by atomic mass is 32.3. The van der Waals surface area contributed by atoms with E-state index in [1.165, 1.54) is 0 Å². The third-order valence-corrected chi connectivity index (χ3v) is 9.17. The summed E-state index contributed by atoms with van der Waals surface area (Å²) >= 11 is 0. The molecule has 31 heavy (non-hydrogen) atoms. The summed E-state index contributed by atoms with van der Waals surface area (Å²) in [5.41, 5.74) is 2.43. The van der Waals surface area contributed by atoms with Gasteiger partial charge in [-0.25, -0.2) is 16.8 Å². The maximum atomic E-state index is 13.5. The standard InChI is InChI=1S/C24H35NO4S2/c1-15(2)19-11-9-12-20(16(3)4)23(19)30(26,27)25-31(28,29)24-21(17(5)6)13-10-14-22(24)18(7)8/h9-18,25H,1-8H3. The quantitative estimate of drug-likeness (QED) is 0.530. The fourth-order valence-electron chi connectivity index (χ4n) is 3.81. The molecular formula is C24H35NO4S2. The molecule has 0 saturated heterocycles. The Balaban J connectivity index is 2.76. The molecule has 2 aromatic rings. The molecule has 0 radical (unpaired) electrons. The van der Waals surface area contributed by atoms with Crippen LogP contribution in [0.3, 0.4) is 0 Å². The Morgan fingerprint density at radius 2 is 0.742 bits per heavy atom. The van der Waals surface area contributed by atoms with Gasteiger partial charge in [-0.3, -0.25) is 0 Å². The van der Waals surface area contributed by atoms with Crippen LogP contribution in [-0.4, -0.2) is 16.8 Å². The summed E-state index contributed by atoms with van der Waals surface area (Å²) in [6, 6.07) is 10.6. The number of hydrogen-bond acceptors (Lipinski definition) is 4. The van der Waals surface area contributed by atoms with Gasteiger partial charge in [-0.1, -0.05) is 91.8 Å². The molecule has 2 rings (SSSR count). The molecule has 172 valence electrons. The van der Waals surface area contributed by atoms with E-state index in [2.05, 4.69) is 4.13 Å². The molecule has 0 aliphatic carbocycles. The zero-order valence-corrected chi connectivity index (χ0v) is 21.4. The molecule has 7 heteroatoms. The Morgan fingerprint density at radius 1 is 0.516 bits per heavy atom. The second kappa shape index (κ2) is 9.43. The lowest BCUT2D eigenvalue weighted by Crippen LogP contribution is -2.33. The van der Waals surface area contributed by atoms with E-state index >= 15 is 0 Å². The monoisotopic (exact) mass is 465 g/mol. The minimum Gasteiger partial charge on any atom is -0.206 e. The average Bonchev–Trinajstić information content (AvgIpc) is 2.65. The lowest BCUT2D eigenvalue weighted by Gasteiger charge is -2.22. The van der Waals surface area contributed by atoms with Crippen molar-refractivity contribution in [3.63, 3.8) is 0 Å². The van der Waals surface area contributed by atoms with Gasteiger partial charge in [0.2, 0.25) is 0 Å². The van der Waals surface area contributed by atoms with Crippen molar-refractivity contribution in [1.29, 1.82) is 0 Å². The molecule has 0 heterocycles. The number of rotatable bonds is 8. The minimum atomic E-state index is -4.34. The molecule has 0 saturated carbocycles. The van der Waals surface area contributed by atoms with Gasteiger partial charge in [-0.15, -0.1) is 4.13 Å². The summed E-state index contributed by atoms with van der Waals surface area (Å²) in [6.07, 6.45) is 0. The molecular weight excluding hydrogens is 430 g/mol. The second-order valence-corrected chi connectivity index (χ2v) is 12.7. The fourth-order valence-corrected chi connectivity index (χ4v) is 8.09. The first-order valence-electron chi connectivity index (χ1n) is 10.7. The van der Waals surface area contributed by atoms with E-state index in [4.69, 9.17) is 0 Å². The van der Waals surface area contributed by atoms with Gasteiger partial charge in [0.15, 0.2) is 0 Å². The van der Waals surface area contributed by atoms with E-state index in [-0.39, 0.29) is 33.5 Å². The van der Waals surface area contributed by atoms with Crippen LogP contribution in [0.5, 0.6) is 0 Å². The van der Waals surface area contributed by atoms with Crippen LogP contribution in [0.15, 0.2) is 46.2 Å². The molecule has 0 spiro atoms. The van der Waals surface area contributed by atoms with Gasteiger partial charge in [0, 0.05) is 0 Å². The molecule has 1 N–H and O–H groups in total. The van der Waals surface area contributed by atoms with Crippen LogP contribution in [0, 0.1) is 0 Å². The summed E-state index contributed by atoms with van der Waals surface area (Å²) in [5.74, 6) is -0.325. The first-order valence-corrected chi connectivity index (χ1v) is 13.7. The summed E-state index contributed by atoms with van der Waals surface area (Å²) in [7, 11) is -8.68. The molecule has 0 amide bonds. The third kappa shape index (κ3) is 5.38. The molecule has 0 aliphatic rings. The maximum absolute atomic E-state index is 13.5. The molecule has 0 fully saturated rings. The van der Waals surface area contributed by atoms with Crippen molar-refractivity contribution < 1.29 is 16.8 Å². The Morgan fingerprint density at radius 3 is 0.935 bits per heavy atom. The summed E-state index contributed by atoms with van der Waals surface area (Å²) in [4.78, 5) is 0.133. The van der Waals surface area contributed by atoms with Crippen molar-refractivity contribution in [2.24, 2.45) is 0 Å². The van der Waals surface area contributed by atoms with Crippen LogP contribution in [0.1, 0.15) is 101 Å². The van der Waals surface area contributed by atoms with Gasteiger partial charge >= 0.3 is 0 Å². The highest BCUT2D eigenvalue weighted by molar-refractivity contribution is 8.04. The highest BCUT2D eigenvalue weighted by Gasteiger charge is 2.33. The highest BCUT2D eigenvalue weighted by Crippen LogP contribution is 2.35. The lowest BCUT2D eigenvalue weighted by molar-refractivity contribution is 0.571. The van der Waals surface area contributed by atoms with Crippen molar-refractivity contribution in [2.75, 3.05) is 0 Å². The van der Waals surface area contributed by atoms with Crippen LogP contribution in [-0.2, 0) is 20.0 Å². The van der Waals surface area contributed by atoms with Crippen LogP contribution < -0.4 is 4.13 Å². The zero-order chi connectivity index (χ0) is 23.7. The Hall–Kier alpha value is -1.70. The second-order valence-electron chi connectivity index (χ2n) is 9.24. The van der Waals surface area contributed by atoms with Crippen molar-refractivity contribution >= 4 is 20.0 Å². The van der Waals surface area contributed by atoms with Crippen molar-refractivity contribution in [1.82, 2.24) is 4.13 Å². The molecule has 0 aliphatic heterocycles. The predicted molar refractivity (Wildman–Crippen MR) is 127 cm³/mol. The average molecular weight is 466 g/mol. The van der Waals surface area contributed by atoms with Crippen LogP contribution in [0.2, 0.25) is 0 Å². The first kappa shape index (κ1) is 25.6. The largest absolute Gasteiger partial charge is 0.254 e. The van der Waals surface area contributed by atoms with E-state index in [0.29, 0.717) is 22.3 Å². The van der Waals surface area contributed by atoms with Gasteiger partial charge in [0.25, 0.3) is 20.0 Å². The van der Waals surface area contributed by atoms with Gasteiger partial charge in [-0.05, 0) is 45.9 Å². The van der Waals surface area contributed by atoms with Gasteiger partial charge in [0.05, 0.1) is 9.79 Å². The SMILES string of the molecule is CC(C)c1cccc(C(C)C)c1S(=O)(=O)NS(=O)(=O)c1c(C(C)C)cccc1C(C)C. The van der Waals surface area contributed by atoms with Crippen LogP contribution in [0.4, 0.5) is 0 Å². The van der Waals surface area contributed by atoms with Gasteiger partial charge < -0.3 is 0 Å². The smallest absolute Gasteiger partial charge is 0.206 e. The Labute approximate surface area is 188 Å². The first-order chi connectivity index (χ1) is 14.2. The van der Waals surface area contributed by atoms with Crippen LogP contribution >= 0.6 is 0 Å². The van der Waals surface area contributed by atoms with E-state index in [1.54, 1.807) is 24.3 Å². The number of hydrogen-bond donors (Lipinski definition) is 1. The third-order valence-electron chi connectivity index (χ3n) is 5.40. The van der Waals surface area contributed by atoms with E-state index in [0.717, 1.165) is 0 Å². The molecule has 0 unspecified atom stereocenters. The molecule has 0 aromatic heterocycles. The summed E-state index contributed by atoms with van der Waals surface area (Å²) < 4.78 is 56.3. The predicted octanol–water partition coefficient (Wildman–Crippen LogP) is 5.85. The maximum Gasteiger partial charge on any atom is 0.254 e. The number of sulfonamides is 2. The van der Waals surface area contributed by atoms with Crippen LogP contribution in [0.25, 0.3) is 0 Å². The molecule has 2 aromatic carbocycles. The number of benzene rings is 2. The van der Waals surface area contributed by atoms with Crippen molar-refractivity contribution in [2.45, 2.75) is 88.9 Å². The van der Waals surface area contributed by atoms with Gasteiger partial charge in [0.1, 0.15) is 0 Å². The number of nitrogens with one attached hydrogen (secondary N) is 1. The fraction of sp³-hybridized carbons (Fsp3) is 0.500. The van der Waals surface area contributed by atoms with E-state index < -0.39 is 20.0 Å². The Bertz CT molecular complexity index is 1000. The molecule has 0 bridgehead atoms. The Kier molecular flexibility index (Phi) is 7.77. The topological polar surface area (TPSA) is 80.3 Å². The zero-order valence-electron chi connectivity index (χ0n) is 19.7. The van der Waals surface area contributed by atoms with E-state index in [1.807, 2.05) is 67.5 Å². The van der Waals surface area contributed by atoms with Crippen molar-refractivity contribution in [3.8, 4) is 0 Å². The lowest BCUT2D eigenvalue weighted by atomic mass is 9.95. The molecule has 0 atom stereocenters. The minimum absolute atomic E-state index is 0.0664. The summed E-state index contributed by atoms with van der Waals surface area (Å²) in [6.45, 7) is 15.2.